The average Bonchev–Trinajstić information content (AvgIpc) is 3.22. The van der Waals surface area contributed by atoms with Crippen LogP contribution in [0.4, 0.5) is 0 Å². The molecule has 4 aliphatic rings. The molecule has 6 rings (SSSR count). The molecule has 3 saturated heterocycles. The van der Waals surface area contributed by atoms with Gasteiger partial charge in [0, 0.05) is 13.2 Å². The molecule has 4 fully saturated rings. The van der Waals surface area contributed by atoms with Gasteiger partial charge in [-0.2, -0.15) is 0 Å². The lowest BCUT2D eigenvalue weighted by Gasteiger charge is -2.47. The molecule has 16 nitrogen and oxygen atoms in total. The molecule has 16 heteroatoms. The predicted molar refractivity (Wildman–Crippen MR) is 199 cm³/mol. The number of hydrogen-bond acceptors (Lipinski definition) is 14. The van der Waals surface area contributed by atoms with E-state index >= 15 is 0 Å². The van der Waals surface area contributed by atoms with Crippen molar-refractivity contribution in [2.24, 2.45) is 5.92 Å². The van der Waals surface area contributed by atoms with Gasteiger partial charge >= 0.3 is 5.97 Å². The van der Waals surface area contributed by atoms with Crippen molar-refractivity contribution in [2.75, 3.05) is 19.8 Å². The molecule has 1 amide bonds. The van der Waals surface area contributed by atoms with Gasteiger partial charge in [-0.3, -0.25) is 4.79 Å². The maximum absolute atomic E-state index is 14.0. The monoisotopic (exact) mass is 803 g/mol. The molecule has 8 N–H and O–H groups in total. The summed E-state index contributed by atoms with van der Waals surface area (Å²) in [6, 6.07) is 18.5. The first kappa shape index (κ1) is 43.5. The van der Waals surface area contributed by atoms with E-state index in [2.05, 4.69) is 5.32 Å². The standard InChI is InChI=1S/C41H57NO15/c1-22-31(44)33(46)34(47)40(53-22)57-36-26(17-18-52-28(36)20-42-38(49)30(24-13-7-3-8-14-24)25-15-9-4-10-16-25)55-41-35(48)37(32(45)29(21-43)56-41)54-27(39(50)51)19-23-11-5-2-6-12-23/h3-4,7-10,13-16,22-23,26-37,40-41,43-48H,2,5-6,11-12,17-21H2,1H3,(H,42,49)(H,50,51). The molecule has 14 atom stereocenters. The number of ether oxygens (including phenoxy) is 6. The highest BCUT2D eigenvalue weighted by Crippen LogP contribution is 2.34. The molecule has 57 heavy (non-hydrogen) atoms. The van der Waals surface area contributed by atoms with Crippen molar-refractivity contribution in [2.45, 2.75) is 144 Å². The lowest BCUT2D eigenvalue weighted by Crippen LogP contribution is -2.64. The Hall–Kier alpha value is -3.10. The van der Waals surface area contributed by atoms with E-state index < -0.39 is 104 Å². The summed E-state index contributed by atoms with van der Waals surface area (Å²) in [4.78, 5) is 26.3. The molecule has 1 saturated carbocycles. The van der Waals surface area contributed by atoms with Gasteiger partial charge in [-0.1, -0.05) is 92.8 Å². The first-order valence-electron chi connectivity index (χ1n) is 20.0. The van der Waals surface area contributed by atoms with E-state index in [1.165, 1.54) is 6.92 Å². The maximum Gasteiger partial charge on any atom is 0.332 e. The van der Waals surface area contributed by atoms with Gasteiger partial charge < -0.3 is 69.5 Å². The number of aliphatic carboxylic acids is 1. The molecule has 3 heterocycles. The molecule has 0 spiro atoms. The van der Waals surface area contributed by atoms with Crippen molar-refractivity contribution in [3.8, 4) is 0 Å². The number of carbonyl (C=O) groups is 2. The smallest absolute Gasteiger partial charge is 0.332 e. The first-order valence-corrected chi connectivity index (χ1v) is 20.0. The van der Waals surface area contributed by atoms with Crippen molar-refractivity contribution >= 4 is 11.9 Å². The summed E-state index contributed by atoms with van der Waals surface area (Å²) in [5, 5.41) is 77.7. The minimum atomic E-state index is -1.73. The molecular formula is C41H57NO15. The van der Waals surface area contributed by atoms with Crippen LogP contribution in [-0.2, 0) is 38.0 Å². The third kappa shape index (κ3) is 10.6. The Morgan fingerprint density at radius 3 is 2.00 bits per heavy atom. The number of nitrogens with one attached hydrogen (secondary N) is 1. The molecule has 14 unspecified atom stereocenters. The zero-order valence-corrected chi connectivity index (χ0v) is 32.0. The quantitative estimate of drug-likeness (QED) is 0.123. The van der Waals surface area contributed by atoms with Crippen molar-refractivity contribution < 1.29 is 73.8 Å². The van der Waals surface area contributed by atoms with E-state index in [4.69, 9.17) is 28.4 Å². The number of carboxylic acid groups (broad SMARTS) is 1. The van der Waals surface area contributed by atoms with Gasteiger partial charge in [0.1, 0.15) is 54.9 Å². The van der Waals surface area contributed by atoms with E-state index in [1.807, 2.05) is 60.7 Å². The van der Waals surface area contributed by atoms with Gasteiger partial charge in [0.05, 0.1) is 24.7 Å². The molecule has 316 valence electrons. The summed E-state index contributed by atoms with van der Waals surface area (Å²) in [7, 11) is 0. The number of carbonyl (C=O) groups excluding carboxylic acids is 1. The highest BCUT2D eigenvalue weighted by Gasteiger charge is 2.51. The van der Waals surface area contributed by atoms with Crippen LogP contribution in [-0.4, -0.2) is 153 Å². The minimum absolute atomic E-state index is 0.0783. The summed E-state index contributed by atoms with van der Waals surface area (Å²) in [6.07, 6.45) is -14.4. The van der Waals surface area contributed by atoms with Crippen LogP contribution in [0.25, 0.3) is 0 Å². The molecule has 2 aromatic carbocycles. The number of aliphatic hydroxyl groups excluding tert-OH is 6. The number of benzene rings is 2. The Labute approximate surface area is 331 Å². The van der Waals surface area contributed by atoms with Gasteiger partial charge in [0.25, 0.3) is 0 Å². The zero-order valence-electron chi connectivity index (χ0n) is 32.0. The maximum atomic E-state index is 14.0. The van der Waals surface area contributed by atoms with Crippen molar-refractivity contribution in [3.05, 3.63) is 71.8 Å². The Kier molecular flexibility index (Phi) is 15.4. The highest BCUT2D eigenvalue weighted by molar-refractivity contribution is 5.87. The topological polar surface area (TPSA) is 243 Å². The number of rotatable bonds is 15. The van der Waals surface area contributed by atoms with E-state index in [9.17, 15) is 45.3 Å². The predicted octanol–water partition coefficient (Wildman–Crippen LogP) is 0.569. The van der Waals surface area contributed by atoms with Gasteiger partial charge in [0.15, 0.2) is 18.7 Å². The highest BCUT2D eigenvalue weighted by atomic mass is 16.7. The molecule has 0 aromatic heterocycles. The summed E-state index contributed by atoms with van der Waals surface area (Å²) in [5.74, 6) is -2.17. The second kappa shape index (κ2) is 20.2. The zero-order chi connectivity index (χ0) is 40.6. The lowest BCUT2D eigenvalue weighted by molar-refractivity contribution is -0.355. The molecule has 1 aliphatic carbocycles. The van der Waals surface area contributed by atoms with Crippen molar-refractivity contribution in [3.63, 3.8) is 0 Å². The van der Waals surface area contributed by atoms with Crippen LogP contribution in [0, 0.1) is 5.92 Å². The summed E-state index contributed by atoms with van der Waals surface area (Å²) in [5.41, 5.74) is 1.51. The Bertz CT molecular complexity index is 1510. The summed E-state index contributed by atoms with van der Waals surface area (Å²) >= 11 is 0. The first-order chi connectivity index (χ1) is 27.5. The van der Waals surface area contributed by atoms with Crippen LogP contribution >= 0.6 is 0 Å². The normalized spacial score (nSPS) is 35.8. The van der Waals surface area contributed by atoms with E-state index in [1.54, 1.807) is 0 Å². The number of hydrogen-bond donors (Lipinski definition) is 8. The van der Waals surface area contributed by atoms with E-state index in [0.29, 0.717) is 0 Å². The Morgan fingerprint density at radius 2 is 1.39 bits per heavy atom. The van der Waals surface area contributed by atoms with Crippen molar-refractivity contribution in [1.29, 1.82) is 0 Å². The average molecular weight is 804 g/mol. The van der Waals surface area contributed by atoms with Gasteiger partial charge in [-0.25, -0.2) is 4.79 Å². The number of amides is 1. The lowest BCUT2D eigenvalue weighted by atomic mass is 9.85. The van der Waals surface area contributed by atoms with E-state index in [0.717, 1.165) is 43.2 Å². The number of carboxylic acids is 1. The largest absolute Gasteiger partial charge is 0.479 e. The van der Waals surface area contributed by atoms with Gasteiger partial charge in [-0.05, 0) is 36.8 Å². The van der Waals surface area contributed by atoms with Crippen LogP contribution in [0.2, 0.25) is 0 Å². The van der Waals surface area contributed by atoms with Crippen LogP contribution in [0.3, 0.4) is 0 Å². The Morgan fingerprint density at radius 1 is 0.754 bits per heavy atom. The van der Waals surface area contributed by atoms with Crippen LogP contribution in [0.15, 0.2) is 60.7 Å². The fourth-order valence-corrected chi connectivity index (χ4v) is 8.33. The van der Waals surface area contributed by atoms with Gasteiger partial charge in [0.2, 0.25) is 5.91 Å². The third-order valence-electron chi connectivity index (χ3n) is 11.6. The molecule has 2 aromatic rings. The fraction of sp³-hybridized carbons (Fsp3) is 0.659. The second-order valence-electron chi connectivity index (χ2n) is 15.5. The van der Waals surface area contributed by atoms with Crippen LogP contribution in [0.5, 0.6) is 0 Å². The summed E-state index contributed by atoms with van der Waals surface area (Å²) in [6.45, 7) is 0.746. The van der Waals surface area contributed by atoms with Gasteiger partial charge in [-0.15, -0.1) is 0 Å². The minimum Gasteiger partial charge on any atom is -0.479 e. The molecular weight excluding hydrogens is 746 g/mol. The van der Waals surface area contributed by atoms with Crippen LogP contribution < -0.4 is 5.32 Å². The second-order valence-corrected chi connectivity index (χ2v) is 15.5. The third-order valence-corrected chi connectivity index (χ3v) is 11.6. The van der Waals surface area contributed by atoms with Crippen molar-refractivity contribution in [1.82, 2.24) is 5.32 Å². The number of aliphatic hydroxyl groups is 6. The SMILES string of the molecule is CC1OC(OC2C(CNC(=O)C(c3ccccc3)c3ccccc3)OCCC2OC2OC(CO)C(O)C(OC(CC3CCCCC3)C(=O)O)C2O)C(O)C(O)C1O. The molecule has 0 bridgehead atoms. The summed E-state index contributed by atoms with van der Waals surface area (Å²) < 4.78 is 36.3. The molecule has 3 aliphatic heterocycles. The van der Waals surface area contributed by atoms with E-state index in [-0.39, 0.29) is 37.8 Å². The fourth-order valence-electron chi connectivity index (χ4n) is 8.33. The Balaban J connectivity index is 1.22. The van der Waals surface area contributed by atoms with Crippen LogP contribution in [0.1, 0.15) is 68.9 Å². The molecule has 0 radical (unpaired) electrons.